The Bertz CT molecular complexity index is 674. The van der Waals surface area contributed by atoms with Crippen molar-refractivity contribution in [2.75, 3.05) is 4.90 Å². The van der Waals surface area contributed by atoms with Crippen LogP contribution in [0.3, 0.4) is 0 Å². The molecule has 1 amide bonds. The molecule has 1 aromatic heterocycles. The van der Waals surface area contributed by atoms with E-state index in [1.807, 2.05) is 24.3 Å². The molecular weight excluding hydrogens is 258 g/mol. The van der Waals surface area contributed by atoms with Crippen LogP contribution in [0.25, 0.3) is 0 Å². The molecule has 2 aromatic rings. The van der Waals surface area contributed by atoms with Crippen molar-refractivity contribution in [2.24, 2.45) is 0 Å². The number of benzene rings is 1. The van der Waals surface area contributed by atoms with E-state index in [4.69, 9.17) is 9.52 Å². The number of nitrogens with zero attached hydrogens (tertiary/aromatic N) is 1. The van der Waals surface area contributed by atoms with Crippen molar-refractivity contribution in [3.63, 3.8) is 0 Å². The molecule has 1 aliphatic rings. The summed E-state index contributed by atoms with van der Waals surface area (Å²) in [6.45, 7) is 0.143. The first-order valence-corrected chi connectivity index (χ1v) is 6.35. The Hall–Kier alpha value is -2.56. The predicted octanol–water partition coefficient (Wildman–Crippen LogP) is 2.46. The minimum atomic E-state index is -1.05. The maximum absolute atomic E-state index is 12.1. The maximum atomic E-state index is 12.1. The summed E-state index contributed by atoms with van der Waals surface area (Å²) >= 11 is 0. The van der Waals surface area contributed by atoms with Gasteiger partial charge >= 0.3 is 5.97 Å². The molecule has 3 rings (SSSR count). The van der Waals surface area contributed by atoms with Gasteiger partial charge in [0.05, 0.1) is 12.8 Å². The van der Waals surface area contributed by atoms with E-state index in [9.17, 15) is 9.59 Å². The van der Waals surface area contributed by atoms with Gasteiger partial charge in [-0.2, -0.15) is 0 Å². The molecule has 0 unspecified atom stereocenters. The zero-order chi connectivity index (χ0) is 14.1. The topological polar surface area (TPSA) is 70.8 Å². The average molecular weight is 271 g/mol. The lowest BCUT2D eigenvalue weighted by Crippen LogP contribution is -2.34. The van der Waals surface area contributed by atoms with E-state index < -0.39 is 5.97 Å². The van der Waals surface area contributed by atoms with Gasteiger partial charge in [0, 0.05) is 12.1 Å². The number of carbonyl (C=O) groups excluding carboxylic acids is 1. The van der Waals surface area contributed by atoms with Crippen LogP contribution >= 0.6 is 0 Å². The van der Waals surface area contributed by atoms with E-state index in [0.29, 0.717) is 12.2 Å². The van der Waals surface area contributed by atoms with Gasteiger partial charge in [-0.25, -0.2) is 4.79 Å². The molecule has 0 spiro atoms. The summed E-state index contributed by atoms with van der Waals surface area (Å²) in [4.78, 5) is 24.8. The highest BCUT2D eigenvalue weighted by atomic mass is 16.4. The van der Waals surface area contributed by atoms with Gasteiger partial charge in [-0.05, 0) is 24.1 Å². The molecule has 1 N–H and O–H groups in total. The lowest BCUT2D eigenvalue weighted by atomic mass is 10.0. The SMILES string of the molecule is O=C(O)c1ccoc1CN1C(=O)CCc2ccccc21. The number of anilines is 1. The van der Waals surface area contributed by atoms with Crippen molar-refractivity contribution in [1.82, 2.24) is 0 Å². The Morgan fingerprint density at radius 3 is 2.85 bits per heavy atom. The van der Waals surface area contributed by atoms with Gasteiger partial charge in [-0.15, -0.1) is 0 Å². The van der Waals surface area contributed by atoms with Crippen LogP contribution in [-0.2, 0) is 17.8 Å². The molecule has 1 aromatic carbocycles. The Balaban J connectivity index is 1.96. The number of furan rings is 1. The summed E-state index contributed by atoms with van der Waals surface area (Å²) < 4.78 is 5.22. The fourth-order valence-corrected chi connectivity index (χ4v) is 2.47. The lowest BCUT2D eigenvalue weighted by molar-refractivity contribution is -0.119. The van der Waals surface area contributed by atoms with Gasteiger partial charge in [-0.3, -0.25) is 4.79 Å². The van der Waals surface area contributed by atoms with Crippen molar-refractivity contribution in [3.05, 3.63) is 53.5 Å². The van der Waals surface area contributed by atoms with Crippen LogP contribution in [0.4, 0.5) is 5.69 Å². The first-order chi connectivity index (χ1) is 9.66. The lowest BCUT2D eigenvalue weighted by Gasteiger charge is -2.28. The van der Waals surface area contributed by atoms with E-state index in [-0.39, 0.29) is 18.0 Å². The summed E-state index contributed by atoms with van der Waals surface area (Å²) in [5, 5.41) is 9.08. The highest BCUT2D eigenvalue weighted by Gasteiger charge is 2.26. The van der Waals surface area contributed by atoms with Crippen molar-refractivity contribution >= 4 is 17.6 Å². The Morgan fingerprint density at radius 2 is 2.05 bits per heavy atom. The summed E-state index contributed by atoms with van der Waals surface area (Å²) in [5.41, 5.74) is 2.02. The average Bonchev–Trinajstić information content (AvgIpc) is 2.90. The number of rotatable bonds is 3. The maximum Gasteiger partial charge on any atom is 0.339 e. The second-order valence-electron chi connectivity index (χ2n) is 4.67. The third-order valence-corrected chi connectivity index (χ3v) is 3.47. The quantitative estimate of drug-likeness (QED) is 0.930. The van der Waals surface area contributed by atoms with Crippen LogP contribution in [0.1, 0.15) is 28.1 Å². The van der Waals surface area contributed by atoms with E-state index in [0.717, 1.165) is 17.7 Å². The second-order valence-corrected chi connectivity index (χ2v) is 4.67. The summed E-state index contributed by atoms with van der Waals surface area (Å²) in [7, 11) is 0. The number of para-hydroxylation sites is 1. The van der Waals surface area contributed by atoms with Crippen LogP contribution < -0.4 is 4.90 Å². The molecule has 0 radical (unpaired) electrons. The summed E-state index contributed by atoms with van der Waals surface area (Å²) in [6.07, 6.45) is 2.48. The molecule has 0 saturated heterocycles. The minimum Gasteiger partial charge on any atom is -0.478 e. The largest absolute Gasteiger partial charge is 0.478 e. The van der Waals surface area contributed by atoms with Crippen molar-refractivity contribution < 1.29 is 19.1 Å². The highest BCUT2D eigenvalue weighted by molar-refractivity contribution is 5.97. The van der Waals surface area contributed by atoms with Gasteiger partial charge in [0.2, 0.25) is 5.91 Å². The van der Waals surface area contributed by atoms with Gasteiger partial charge in [0.1, 0.15) is 11.3 Å². The molecule has 102 valence electrons. The molecule has 0 bridgehead atoms. The number of hydrogen-bond donors (Lipinski definition) is 1. The Kier molecular flexibility index (Phi) is 3.02. The molecule has 0 atom stereocenters. The molecule has 0 aliphatic carbocycles. The molecule has 2 heterocycles. The van der Waals surface area contributed by atoms with Crippen LogP contribution in [0.15, 0.2) is 41.0 Å². The highest BCUT2D eigenvalue weighted by Crippen LogP contribution is 2.29. The second kappa shape index (κ2) is 4.85. The first kappa shape index (κ1) is 12.5. The van der Waals surface area contributed by atoms with Crippen LogP contribution in [0.5, 0.6) is 0 Å². The van der Waals surface area contributed by atoms with Gasteiger partial charge in [0.25, 0.3) is 0 Å². The molecule has 1 aliphatic heterocycles. The molecule has 0 saturated carbocycles. The molecule has 5 nitrogen and oxygen atoms in total. The minimum absolute atomic E-state index is 0.0172. The number of carbonyl (C=O) groups is 2. The van der Waals surface area contributed by atoms with E-state index in [1.54, 1.807) is 4.90 Å². The molecule has 20 heavy (non-hydrogen) atoms. The summed E-state index contributed by atoms with van der Waals surface area (Å²) in [5.74, 6) is -0.773. The third-order valence-electron chi connectivity index (χ3n) is 3.47. The van der Waals surface area contributed by atoms with Gasteiger partial charge in [0.15, 0.2) is 0 Å². The first-order valence-electron chi connectivity index (χ1n) is 6.35. The Labute approximate surface area is 115 Å². The van der Waals surface area contributed by atoms with Gasteiger partial charge in [-0.1, -0.05) is 18.2 Å². The number of amides is 1. The van der Waals surface area contributed by atoms with Crippen LogP contribution in [0, 0.1) is 0 Å². The predicted molar refractivity (Wildman–Crippen MR) is 71.6 cm³/mol. The van der Waals surface area contributed by atoms with E-state index in [1.165, 1.54) is 12.3 Å². The Morgan fingerprint density at radius 1 is 1.25 bits per heavy atom. The smallest absolute Gasteiger partial charge is 0.339 e. The van der Waals surface area contributed by atoms with Crippen molar-refractivity contribution in [2.45, 2.75) is 19.4 Å². The van der Waals surface area contributed by atoms with Crippen molar-refractivity contribution in [3.8, 4) is 0 Å². The normalized spacial score (nSPS) is 14.2. The summed E-state index contributed by atoms with van der Waals surface area (Å²) in [6, 6.07) is 9.05. The molecular formula is C15H13NO4. The fraction of sp³-hybridized carbons (Fsp3) is 0.200. The number of aromatic carboxylic acids is 1. The zero-order valence-corrected chi connectivity index (χ0v) is 10.7. The third kappa shape index (κ3) is 2.07. The number of fused-ring (bicyclic) bond motifs is 1. The van der Waals surface area contributed by atoms with Crippen LogP contribution in [-0.4, -0.2) is 17.0 Å². The van der Waals surface area contributed by atoms with E-state index >= 15 is 0 Å². The van der Waals surface area contributed by atoms with E-state index in [2.05, 4.69) is 0 Å². The molecule has 5 heteroatoms. The van der Waals surface area contributed by atoms with Crippen LogP contribution in [0.2, 0.25) is 0 Å². The standard InChI is InChI=1S/C15H13NO4/c17-14-6-5-10-3-1-2-4-12(10)16(14)9-13-11(15(18)19)7-8-20-13/h1-4,7-8H,5-6,9H2,(H,18,19). The number of aryl methyl sites for hydroxylation is 1. The monoisotopic (exact) mass is 271 g/mol. The van der Waals surface area contributed by atoms with Gasteiger partial charge < -0.3 is 14.4 Å². The van der Waals surface area contributed by atoms with Crippen molar-refractivity contribution in [1.29, 1.82) is 0 Å². The molecule has 0 fully saturated rings. The number of hydrogen-bond acceptors (Lipinski definition) is 3. The fourth-order valence-electron chi connectivity index (χ4n) is 2.47. The number of carboxylic acids is 1. The zero-order valence-electron chi connectivity index (χ0n) is 10.7. The number of carboxylic acid groups (broad SMARTS) is 1.